The van der Waals surface area contributed by atoms with Crippen molar-refractivity contribution in [2.24, 2.45) is 0 Å². The number of hydrogen-bond acceptors (Lipinski definition) is 1. The van der Waals surface area contributed by atoms with E-state index in [0.29, 0.717) is 29.5 Å². The fourth-order valence-electron chi connectivity index (χ4n) is 2.82. The van der Waals surface area contributed by atoms with Gasteiger partial charge in [-0.25, -0.2) is 4.39 Å². The van der Waals surface area contributed by atoms with Crippen LogP contribution in [0.25, 0.3) is 0 Å². The maximum atomic E-state index is 14.0. The van der Waals surface area contributed by atoms with E-state index in [1.165, 1.54) is 6.07 Å². The third-order valence-electron chi connectivity index (χ3n) is 3.82. The standard InChI is InChI=1S/C17H15Cl2FO/c18-10-13(15-3-1-2-4-16(15)20)7-12-9-14(19)8-11-5-6-21-17(11)12/h1-4,8-9,13H,5-7,10H2. The summed E-state index contributed by atoms with van der Waals surface area (Å²) in [6.45, 7) is 0.675. The van der Waals surface area contributed by atoms with Crippen LogP contribution in [0.3, 0.4) is 0 Å². The van der Waals surface area contributed by atoms with E-state index in [0.717, 1.165) is 23.3 Å². The number of alkyl halides is 1. The molecular weight excluding hydrogens is 310 g/mol. The predicted octanol–water partition coefficient (Wildman–Crippen LogP) is 4.98. The molecule has 0 N–H and O–H groups in total. The van der Waals surface area contributed by atoms with Gasteiger partial charge in [-0.05, 0) is 41.3 Å². The quantitative estimate of drug-likeness (QED) is 0.721. The lowest BCUT2D eigenvalue weighted by molar-refractivity contribution is 0.352. The van der Waals surface area contributed by atoms with E-state index in [2.05, 4.69) is 0 Å². The summed E-state index contributed by atoms with van der Waals surface area (Å²) in [5, 5.41) is 0.691. The Balaban J connectivity index is 1.94. The Morgan fingerprint density at radius 2 is 2.05 bits per heavy atom. The number of fused-ring (bicyclic) bond motifs is 1. The summed E-state index contributed by atoms with van der Waals surface area (Å²) in [4.78, 5) is 0. The van der Waals surface area contributed by atoms with Crippen LogP contribution < -0.4 is 4.74 Å². The summed E-state index contributed by atoms with van der Waals surface area (Å²) in [6.07, 6.45) is 1.49. The highest BCUT2D eigenvalue weighted by molar-refractivity contribution is 6.30. The fraction of sp³-hybridized carbons (Fsp3) is 0.294. The summed E-state index contributed by atoms with van der Waals surface area (Å²) in [5.74, 6) is 0.926. The molecular formula is C17H15Cl2FO. The second-order valence-electron chi connectivity index (χ2n) is 5.23. The van der Waals surface area contributed by atoms with Crippen LogP contribution >= 0.6 is 23.2 Å². The van der Waals surface area contributed by atoms with Crippen molar-refractivity contribution in [2.45, 2.75) is 18.8 Å². The van der Waals surface area contributed by atoms with Crippen molar-refractivity contribution < 1.29 is 9.13 Å². The summed E-state index contributed by atoms with van der Waals surface area (Å²) in [6, 6.07) is 10.6. The van der Waals surface area contributed by atoms with Crippen LogP contribution in [-0.4, -0.2) is 12.5 Å². The molecule has 0 aromatic heterocycles. The van der Waals surface area contributed by atoms with Gasteiger partial charge in [-0.2, -0.15) is 0 Å². The van der Waals surface area contributed by atoms with E-state index in [9.17, 15) is 4.39 Å². The van der Waals surface area contributed by atoms with Gasteiger partial charge in [0.1, 0.15) is 11.6 Å². The van der Waals surface area contributed by atoms with Gasteiger partial charge in [-0.3, -0.25) is 0 Å². The maximum Gasteiger partial charge on any atom is 0.126 e. The van der Waals surface area contributed by atoms with Crippen molar-refractivity contribution in [2.75, 3.05) is 12.5 Å². The van der Waals surface area contributed by atoms with Crippen LogP contribution in [0.5, 0.6) is 5.75 Å². The van der Waals surface area contributed by atoms with Crippen molar-refractivity contribution in [3.05, 3.63) is 63.9 Å². The zero-order chi connectivity index (χ0) is 14.8. The highest BCUT2D eigenvalue weighted by atomic mass is 35.5. The van der Waals surface area contributed by atoms with Crippen LogP contribution in [0.1, 0.15) is 22.6 Å². The van der Waals surface area contributed by atoms with Crippen molar-refractivity contribution in [1.29, 1.82) is 0 Å². The molecule has 0 radical (unpaired) electrons. The number of hydrogen-bond donors (Lipinski definition) is 0. The largest absolute Gasteiger partial charge is 0.493 e. The maximum absolute atomic E-state index is 14.0. The molecule has 1 aliphatic heterocycles. The van der Waals surface area contributed by atoms with Crippen molar-refractivity contribution in [1.82, 2.24) is 0 Å². The molecule has 4 heteroatoms. The van der Waals surface area contributed by atoms with Gasteiger partial charge in [-0.1, -0.05) is 29.8 Å². The first-order chi connectivity index (χ1) is 10.2. The second kappa shape index (κ2) is 6.25. The van der Waals surface area contributed by atoms with E-state index in [1.54, 1.807) is 12.1 Å². The fourth-order valence-corrected chi connectivity index (χ4v) is 3.36. The topological polar surface area (TPSA) is 9.23 Å². The summed E-state index contributed by atoms with van der Waals surface area (Å²) in [5.41, 5.74) is 2.77. The minimum Gasteiger partial charge on any atom is -0.493 e. The smallest absolute Gasteiger partial charge is 0.126 e. The molecule has 1 nitrogen and oxygen atoms in total. The first-order valence-corrected chi connectivity index (χ1v) is 7.84. The van der Waals surface area contributed by atoms with E-state index < -0.39 is 0 Å². The van der Waals surface area contributed by atoms with Gasteiger partial charge in [0, 0.05) is 23.2 Å². The zero-order valence-corrected chi connectivity index (χ0v) is 12.9. The predicted molar refractivity (Wildman–Crippen MR) is 84.2 cm³/mol. The molecule has 0 bridgehead atoms. The highest BCUT2D eigenvalue weighted by Gasteiger charge is 2.22. The van der Waals surface area contributed by atoms with Gasteiger partial charge in [0.25, 0.3) is 0 Å². The molecule has 110 valence electrons. The van der Waals surface area contributed by atoms with Crippen LogP contribution in [0, 0.1) is 5.82 Å². The monoisotopic (exact) mass is 324 g/mol. The molecule has 0 amide bonds. The van der Waals surface area contributed by atoms with Gasteiger partial charge in [-0.15, -0.1) is 11.6 Å². The van der Waals surface area contributed by atoms with Gasteiger partial charge < -0.3 is 4.74 Å². The molecule has 1 unspecified atom stereocenters. The highest BCUT2D eigenvalue weighted by Crippen LogP contribution is 2.36. The lowest BCUT2D eigenvalue weighted by Crippen LogP contribution is -2.08. The number of benzene rings is 2. The Morgan fingerprint density at radius 3 is 2.81 bits per heavy atom. The van der Waals surface area contributed by atoms with Crippen LogP contribution in [-0.2, 0) is 12.8 Å². The molecule has 21 heavy (non-hydrogen) atoms. The molecule has 3 rings (SSSR count). The minimum absolute atomic E-state index is 0.0976. The van der Waals surface area contributed by atoms with E-state index >= 15 is 0 Å². The number of ether oxygens (including phenoxy) is 1. The lowest BCUT2D eigenvalue weighted by atomic mass is 9.92. The molecule has 2 aromatic carbocycles. The van der Waals surface area contributed by atoms with Crippen LogP contribution in [0.15, 0.2) is 36.4 Å². The Bertz CT molecular complexity index is 657. The molecule has 1 heterocycles. The van der Waals surface area contributed by atoms with Crippen molar-refractivity contribution in [3.63, 3.8) is 0 Å². The van der Waals surface area contributed by atoms with Gasteiger partial charge in [0.2, 0.25) is 0 Å². The third kappa shape index (κ3) is 3.02. The molecule has 0 fully saturated rings. The average molecular weight is 325 g/mol. The molecule has 1 aliphatic rings. The molecule has 0 saturated carbocycles. The molecule has 2 aromatic rings. The first-order valence-electron chi connectivity index (χ1n) is 6.93. The summed E-state index contributed by atoms with van der Waals surface area (Å²) >= 11 is 12.2. The van der Waals surface area contributed by atoms with Gasteiger partial charge in [0.15, 0.2) is 0 Å². The summed E-state index contributed by atoms with van der Waals surface area (Å²) in [7, 11) is 0. The Kier molecular flexibility index (Phi) is 4.37. The van der Waals surface area contributed by atoms with Gasteiger partial charge >= 0.3 is 0 Å². The van der Waals surface area contributed by atoms with E-state index in [4.69, 9.17) is 27.9 Å². The van der Waals surface area contributed by atoms with E-state index in [-0.39, 0.29) is 11.7 Å². The van der Waals surface area contributed by atoms with E-state index in [1.807, 2.05) is 18.2 Å². The average Bonchev–Trinajstić information content (AvgIpc) is 2.93. The second-order valence-corrected chi connectivity index (χ2v) is 5.97. The van der Waals surface area contributed by atoms with Crippen LogP contribution in [0.2, 0.25) is 5.02 Å². The summed E-state index contributed by atoms with van der Waals surface area (Å²) < 4.78 is 19.7. The lowest BCUT2D eigenvalue weighted by Gasteiger charge is -2.17. The Labute approximate surface area is 133 Å². The molecule has 0 spiro atoms. The van der Waals surface area contributed by atoms with Crippen molar-refractivity contribution >= 4 is 23.2 Å². The first kappa shape index (κ1) is 14.7. The van der Waals surface area contributed by atoms with Crippen LogP contribution in [0.4, 0.5) is 4.39 Å². The van der Waals surface area contributed by atoms with Crippen molar-refractivity contribution in [3.8, 4) is 5.75 Å². The zero-order valence-electron chi connectivity index (χ0n) is 11.4. The molecule has 0 saturated heterocycles. The molecule has 1 atom stereocenters. The normalized spacial score (nSPS) is 14.6. The SMILES string of the molecule is Fc1ccccc1C(CCl)Cc1cc(Cl)cc2c1OCC2. The minimum atomic E-state index is -0.220. The molecule has 0 aliphatic carbocycles. The number of halogens is 3. The Morgan fingerprint density at radius 1 is 1.24 bits per heavy atom. The number of rotatable bonds is 4. The Hall–Kier alpha value is -1.25. The van der Waals surface area contributed by atoms with Gasteiger partial charge in [0.05, 0.1) is 6.61 Å². The third-order valence-corrected chi connectivity index (χ3v) is 4.41.